The van der Waals surface area contributed by atoms with Crippen molar-refractivity contribution in [3.05, 3.63) is 0 Å². The van der Waals surface area contributed by atoms with Gasteiger partial charge in [0.25, 0.3) is 0 Å². The highest BCUT2D eigenvalue weighted by molar-refractivity contribution is 5.81. The first-order valence-electron chi connectivity index (χ1n) is 4.96. The van der Waals surface area contributed by atoms with Gasteiger partial charge < -0.3 is 10.1 Å². The maximum Gasteiger partial charge on any atom is 0.223 e. The Hall–Kier alpha value is -0.570. The molecule has 0 bridgehead atoms. The second-order valence-corrected chi connectivity index (χ2v) is 4.84. The second-order valence-electron chi connectivity index (χ2n) is 4.84. The van der Waals surface area contributed by atoms with E-state index in [1.54, 1.807) is 0 Å². The van der Waals surface area contributed by atoms with E-state index in [4.69, 9.17) is 4.74 Å². The Balaban J connectivity index is 1.70. The number of hydrogen-bond acceptors (Lipinski definition) is 2. The van der Waals surface area contributed by atoms with Crippen LogP contribution in [0.25, 0.3) is 0 Å². The number of nitrogens with one attached hydrogen (secondary N) is 1. The average Bonchev–Trinajstić information content (AvgIpc) is 2.75. The van der Waals surface area contributed by atoms with E-state index in [0.29, 0.717) is 11.8 Å². The van der Waals surface area contributed by atoms with Gasteiger partial charge in [0.2, 0.25) is 5.91 Å². The smallest absolute Gasteiger partial charge is 0.223 e. The van der Waals surface area contributed by atoms with Crippen molar-refractivity contribution in [3.63, 3.8) is 0 Å². The molecule has 13 heavy (non-hydrogen) atoms. The summed E-state index contributed by atoms with van der Waals surface area (Å²) in [5.74, 6) is 1.13. The molecule has 0 radical (unpaired) electrons. The monoisotopic (exact) mass is 183 g/mol. The van der Waals surface area contributed by atoms with Gasteiger partial charge in [-0.3, -0.25) is 4.79 Å². The molecule has 0 spiro atoms. The molecule has 74 valence electrons. The SMILES string of the molecule is C[C@H]1C[C@@H]1C(=O)NCC1(C)COC1. The van der Waals surface area contributed by atoms with Gasteiger partial charge in [-0.15, -0.1) is 0 Å². The lowest BCUT2D eigenvalue weighted by Gasteiger charge is -2.38. The highest BCUT2D eigenvalue weighted by atomic mass is 16.5. The Morgan fingerprint density at radius 1 is 1.62 bits per heavy atom. The first-order valence-corrected chi connectivity index (χ1v) is 4.96. The zero-order chi connectivity index (χ0) is 9.47. The lowest BCUT2D eigenvalue weighted by atomic mass is 9.89. The minimum absolute atomic E-state index is 0.202. The first kappa shape index (κ1) is 9.00. The largest absolute Gasteiger partial charge is 0.380 e. The Morgan fingerprint density at radius 2 is 2.23 bits per heavy atom. The minimum atomic E-state index is 0.202. The summed E-state index contributed by atoms with van der Waals surface area (Å²) >= 11 is 0. The van der Waals surface area contributed by atoms with Gasteiger partial charge >= 0.3 is 0 Å². The molecular formula is C10H17NO2. The van der Waals surface area contributed by atoms with Crippen LogP contribution in [-0.4, -0.2) is 25.7 Å². The van der Waals surface area contributed by atoms with Crippen molar-refractivity contribution in [1.29, 1.82) is 0 Å². The fourth-order valence-corrected chi connectivity index (χ4v) is 1.67. The number of carbonyl (C=O) groups is 1. The molecule has 1 saturated carbocycles. The number of ether oxygens (including phenoxy) is 1. The third-order valence-electron chi connectivity index (χ3n) is 3.04. The highest BCUT2D eigenvalue weighted by Crippen LogP contribution is 2.37. The van der Waals surface area contributed by atoms with E-state index >= 15 is 0 Å². The topological polar surface area (TPSA) is 38.3 Å². The normalized spacial score (nSPS) is 34.9. The number of hydrogen-bond donors (Lipinski definition) is 1. The first-order chi connectivity index (χ1) is 6.11. The van der Waals surface area contributed by atoms with Gasteiger partial charge in [-0.05, 0) is 12.3 Å². The molecule has 1 amide bonds. The van der Waals surface area contributed by atoms with E-state index in [0.717, 1.165) is 26.2 Å². The Morgan fingerprint density at radius 3 is 2.62 bits per heavy atom. The molecule has 1 aliphatic carbocycles. The van der Waals surface area contributed by atoms with Crippen LogP contribution >= 0.6 is 0 Å². The summed E-state index contributed by atoms with van der Waals surface area (Å²) in [7, 11) is 0. The van der Waals surface area contributed by atoms with Crippen molar-refractivity contribution in [2.45, 2.75) is 20.3 Å². The average molecular weight is 183 g/mol. The molecule has 2 rings (SSSR count). The molecule has 1 saturated heterocycles. The molecule has 0 aromatic heterocycles. The third kappa shape index (κ3) is 1.85. The zero-order valence-corrected chi connectivity index (χ0v) is 8.30. The lowest BCUT2D eigenvalue weighted by Crippen LogP contribution is -2.48. The van der Waals surface area contributed by atoms with Crippen LogP contribution in [0, 0.1) is 17.3 Å². The van der Waals surface area contributed by atoms with Crippen molar-refractivity contribution in [2.24, 2.45) is 17.3 Å². The molecule has 0 unspecified atom stereocenters. The molecule has 2 aliphatic rings. The standard InChI is InChI=1S/C10H17NO2/c1-7-3-8(7)9(12)11-4-10(2)5-13-6-10/h7-8H,3-6H2,1-2H3,(H,11,12)/t7-,8-/m0/s1. The fourth-order valence-electron chi connectivity index (χ4n) is 1.67. The molecule has 2 fully saturated rings. The molecule has 1 N–H and O–H groups in total. The third-order valence-corrected chi connectivity index (χ3v) is 3.04. The summed E-state index contributed by atoms with van der Waals surface area (Å²) in [4.78, 5) is 11.5. The van der Waals surface area contributed by atoms with Crippen molar-refractivity contribution < 1.29 is 9.53 Å². The summed E-state index contributed by atoms with van der Waals surface area (Å²) in [6, 6.07) is 0. The maximum absolute atomic E-state index is 11.5. The van der Waals surface area contributed by atoms with Gasteiger partial charge in [-0.1, -0.05) is 13.8 Å². The van der Waals surface area contributed by atoms with E-state index in [1.165, 1.54) is 0 Å². The van der Waals surface area contributed by atoms with Gasteiger partial charge in [-0.25, -0.2) is 0 Å². The summed E-state index contributed by atoms with van der Waals surface area (Å²) in [5, 5.41) is 3.00. The van der Waals surface area contributed by atoms with Gasteiger partial charge in [0.1, 0.15) is 0 Å². The predicted octanol–water partition coefficient (Wildman–Crippen LogP) is 0.795. The molecule has 0 aromatic rings. The van der Waals surface area contributed by atoms with Crippen molar-refractivity contribution in [1.82, 2.24) is 5.32 Å². The molecular weight excluding hydrogens is 166 g/mol. The maximum atomic E-state index is 11.5. The van der Waals surface area contributed by atoms with E-state index in [-0.39, 0.29) is 11.3 Å². The summed E-state index contributed by atoms with van der Waals surface area (Å²) < 4.78 is 5.12. The van der Waals surface area contributed by atoms with Crippen molar-refractivity contribution in [3.8, 4) is 0 Å². The Labute approximate surface area is 78.8 Å². The summed E-state index contributed by atoms with van der Waals surface area (Å²) in [5.41, 5.74) is 0.202. The quantitative estimate of drug-likeness (QED) is 0.702. The second kappa shape index (κ2) is 2.98. The van der Waals surface area contributed by atoms with Crippen LogP contribution in [-0.2, 0) is 9.53 Å². The molecule has 2 atom stereocenters. The van der Waals surface area contributed by atoms with Crippen molar-refractivity contribution in [2.75, 3.05) is 19.8 Å². The highest BCUT2D eigenvalue weighted by Gasteiger charge is 2.40. The Kier molecular flexibility index (Phi) is 2.06. The fraction of sp³-hybridized carbons (Fsp3) is 0.900. The Bertz CT molecular complexity index is 223. The van der Waals surface area contributed by atoms with Crippen LogP contribution in [0.4, 0.5) is 0 Å². The van der Waals surface area contributed by atoms with Crippen molar-refractivity contribution >= 4 is 5.91 Å². The van der Waals surface area contributed by atoms with Crippen LogP contribution in [0.2, 0.25) is 0 Å². The number of carbonyl (C=O) groups excluding carboxylic acids is 1. The number of amides is 1. The number of rotatable bonds is 3. The molecule has 0 aromatic carbocycles. The minimum Gasteiger partial charge on any atom is -0.380 e. The van der Waals surface area contributed by atoms with Crippen LogP contribution in [0.3, 0.4) is 0 Å². The zero-order valence-electron chi connectivity index (χ0n) is 8.30. The lowest BCUT2D eigenvalue weighted by molar-refractivity contribution is -0.128. The van der Waals surface area contributed by atoms with Gasteiger partial charge in [0, 0.05) is 17.9 Å². The van der Waals surface area contributed by atoms with Crippen LogP contribution in [0.1, 0.15) is 20.3 Å². The van der Waals surface area contributed by atoms with E-state index in [9.17, 15) is 4.79 Å². The predicted molar refractivity (Wildman–Crippen MR) is 49.2 cm³/mol. The van der Waals surface area contributed by atoms with Gasteiger partial charge in [-0.2, -0.15) is 0 Å². The molecule has 3 heteroatoms. The van der Waals surface area contributed by atoms with E-state index in [1.807, 2.05) is 0 Å². The van der Waals surface area contributed by atoms with Gasteiger partial charge in [0.15, 0.2) is 0 Å². The van der Waals surface area contributed by atoms with Gasteiger partial charge in [0.05, 0.1) is 13.2 Å². The van der Waals surface area contributed by atoms with Crippen LogP contribution in [0.5, 0.6) is 0 Å². The van der Waals surface area contributed by atoms with E-state index in [2.05, 4.69) is 19.2 Å². The van der Waals surface area contributed by atoms with Crippen LogP contribution in [0.15, 0.2) is 0 Å². The van der Waals surface area contributed by atoms with E-state index < -0.39 is 0 Å². The molecule has 3 nitrogen and oxygen atoms in total. The molecule has 1 aliphatic heterocycles. The molecule has 1 heterocycles. The summed E-state index contributed by atoms with van der Waals surface area (Å²) in [6.45, 7) is 6.61. The summed E-state index contributed by atoms with van der Waals surface area (Å²) in [6.07, 6.45) is 1.07. The van der Waals surface area contributed by atoms with Crippen LogP contribution < -0.4 is 5.32 Å².